The lowest BCUT2D eigenvalue weighted by Crippen LogP contribution is -2.57. The van der Waals surface area contributed by atoms with Crippen LogP contribution < -0.4 is 14.7 Å². The van der Waals surface area contributed by atoms with Gasteiger partial charge in [-0.05, 0) is 72.4 Å². The van der Waals surface area contributed by atoms with Gasteiger partial charge < -0.3 is 9.64 Å². The highest BCUT2D eigenvalue weighted by Crippen LogP contribution is 2.38. The summed E-state index contributed by atoms with van der Waals surface area (Å²) in [5, 5.41) is 0.308. The van der Waals surface area contributed by atoms with E-state index in [1.54, 1.807) is 30.3 Å². The smallest absolute Gasteiger partial charge is 0.270 e. The van der Waals surface area contributed by atoms with Crippen LogP contribution in [0.2, 0.25) is 10.0 Å². The molecule has 0 aliphatic carbocycles. The fraction of sp³-hybridized carbons (Fsp3) is 0.148. The van der Waals surface area contributed by atoms with Gasteiger partial charge in [0.05, 0.1) is 34.6 Å². The molecule has 188 valence electrons. The third-order valence-electron chi connectivity index (χ3n) is 6.08. The number of anilines is 3. The molecule has 0 saturated carbocycles. The molecule has 0 spiro atoms. The standard InChI is InChI=1S/C27H20Cl2FN3O3S/c28-22-2-1-3-23(29)24(22)33-26(35)21(16-17-4-6-18(30)7-5-17)25(34)32(27(33)37)20-10-8-19(9-11-20)31-12-14-36-15-13-31/h1-11,16H,12-15H2/b21-16+. The summed E-state index contributed by atoms with van der Waals surface area (Å²) in [4.78, 5) is 32.0. The number of amides is 2. The van der Waals surface area contributed by atoms with Gasteiger partial charge in [-0.1, -0.05) is 41.4 Å². The SMILES string of the molecule is O=C1/C(=C\c2ccc(F)cc2)C(=O)N(c2c(Cl)cccc2Cl)C(=S)N1c1ccc(N2CCOCC2)cc1. The van der Waals surface area contributed by atoms with Crippen molar-refractivity contribution in [3.8, 4) is 0 Å². The van der Waals surface area contributed by atoms with Gasteiger partial charge in [-0.15, -0.1) is 0 Å². The predicted octanol–water partition coefficient (Wildman–Crippen LogP) is 5.72. The van der Waals surface area contributed by atoms with Crippen LogP contribution in [0, 0.1) is 5.82 Å². The van der Waals surface area contributed by atoms with E-state index < -0.39 is 17.6 Å². The second-order valence-electron chi connectivity index (χ2n) is 8.36. The number of benzene rings is 3. The molecule has 10 heteroatoms. The van der Waals surface area contributed by atoms with Crippen molar-refractivity contribution in [2.45, 2.75) is 0 Å². The van der Waals surface area contributed by atoms with Gasteiger partial charge in [0.2, 0.25) is 0 Å². The lowest BCUT2D eigenvalue weighted by Gasteiger charge is -2.37. The summed E-state index contributed by atoms with van der Waals surface area (Å²) in [5.74, 6) is -1.73. The maximum absolute atomic E-state index is 13.7. The third kappa shape index (κ3) is 4.98. The number of morpholine rings is 1. The number of hydrogen-bond donors (Lipinski definition) is 0. The fourth-order valence-electron chi connectivity index (χ4n) is 4.22. The monoisotopic (exact) mass is 555 g/mol. The van der Waals surface area contributed by atoms with Gasteiger partial charge in [0.1, 0.15) is 11.4 Å². The third-order valence-corrected chi connectivity index (χ3v) is 7.05. The first-order valence-corrected chi connectivity index (χ1v) is 12.6. The molecule has 2 aliphatic rings. The first-order chi connectivity index (χ1) is 17.8. The van der Waals surface area contributed by atoms with Gasteiger partial charge in [0.15, 0.2) is 5.11 Å². The van der Waals surface area contributed by atoms with E-state index in [1.165, 1.54) is 35.2 Å². The lowest BCUT2D eigenvalue weighted by atomic mass is 10.0. The molecular weight excluding hydrogens is 536 g/mol. The summed E-state index contributed by atoms with van der Waals surface area (Å²) < 4.78 is 18.9. The Balaban J connectivity index is 1.59. The highest BCUT2D eigenvalue weighted by atomic mass is 35.5. The minimum atomic E-state index is -0.685. The molecule has 0 unspecified atom stereocenters. The molecule has 0 radical (unpaired) electrons. The Kier molecular flexibility index (Phi) is 7.26. The van der Waals surface area contributed by atoms with Crippen LogP contribution in [-0.4, -0.2) is 43.2 Å². The molecule has 5 rings (SSSR count). The molecule has 6 nitrogen and oxygen atoms in total. The molecule has 2 heterocycles. The summed E-state index contributed by atoms with van der Waals surface area (Å²) in [6, 6.07) is 17.6. The van der Waals surface area contributed by atoms with Gasteiger partial charge in [-0.3, -0.25) is 14.5 Å². The average Bonchev–Trinajstić information content (AvgIpc) is 2.90. The fourth-order valence-corrected chi connectivity index (χ4v) is 5.15. The molecule has 2 fully saturated rings. The topological polar surface area (TPSA) is 53.1 Å². The molecule has 37 heavy (non-hydrogen) atoms. The molecule has 0 atom stereocenters. The van der Waals surface area contributed by atoms with E-state index in [4.69, 9.17) is 40.2 Å². The number of thiocarbonyl (C=S) groups is 1. The highest BCUT2D eigenvalue weighted by Gasteiger charge is 2.42. The second-order valence-corrected chi connectivity index (χ2v) is 9.54. The van der Waals surface area contributed by atoms with Crippen LogP contribution in [0.15, 0.2) is 72.3 Å². The maximum atomic E-state index is 13.7. The number of halogens is 3. The van der Waals surface area contributed by atoms with Crippen LogP contribution in [0.4, 0.5) is 21.5 Å². The summed E-state index contributed by atoms with van der Waals surface area (Å²) in [7, 11) is 0. The molecule has 0 N–H and O–H groups in total. The van der Waals surface area contributed by atoms with Gasteiger partial charge in [-0.25, -0.2) is 9.29 Å². The molecule has 3 aromatic carbocycles. The van der Waals surface area contributed by atoms with Crippen molar-refractivity contribution in [1.82, 2.24) is 0 Å². The Labute approximate surface area is 228 Å². The van der Waals surface area contributed by atoms with Crippen LogP contribution in [0.25, 0.3) is 6.08 Å². The van der Waals surface area contributed by atoms with Crippen LogP contribution in [0.5, 0.6) is 0 Å². The summed E-state index contributed by atoms with van der Waals surface area (Å²) in [6.45, 7) is 2.81. The first-order valence-electron chi connectivity index (χ1n) is 11.4. The van der Waals surface area contributed by atoms with Crippen LogP contribution in [-0.2, 0) is 14.3 Å². The molecule has 3 aromatic rings. The first kappa shape index (κ1) is 25.4. The number of carbonyl (C=O) groups is 2. The number of nitrogens with zero attached hydrogens (tertiary/aromatic N) is 3. The van der Waals surface area contributed by atoms with Crippen molar-refractivity contribution >= 4 is 75.5 Å². The number of ether oxygens (including phenoxy) is 1. The lowest BCUT2D eigenvalue weighted by molar-refractivity contribution is -0.120. The van der Waals surface area contributed by atoms with E-state index >= 15 is 0 Å². The molecular formula is C27H20Cl2FN3O3S. The Bertz CT molecular complexity index is 1390. The zero-order valence-electron chi connectivity index (χ0n) is 19.4. The van der Waals surface area contributed by atoms with Crippen LogP contribution in [0.3, 0.4) is 0 Å². The summed E-state index contributed by atoms with van der Waals surface area (Å²) in [5.41, 5.74) is 1.92. The zero-order chi connectivity index (χ0) is 26.1. The van der Waals surface area contributed by atoms with Gasteiger partial charge in [0, 0.05) is 18.8 Å². The Morgan fingerprint density at radius 1 is 0.811 bits per heavy atom. The van der Waals surface area contributed by atoms with Crippen molar-refractivity contribution in [3.05, 3.63) is 93.7 Å². The van der Waals surface area contributed by atoms with Crippen molar-refractivity contribution in [2.24, 2.45) is 0 Å². The number of carbonyl (C=O) groups excluding carboxylic acids is 2. The molecule has 0 bridgehead atoms. The normalized spacial score (nSPS) is 17.6. The Morgan fingerprint density at radius 3 is 2.00 bits per heavy atom. The van der Waals surface area contributed by atoms with E-state index in [2.05, 4.69) is 4.90 Å². The van der Waals surface area contributed by atoms with E-state index in [0.717, 1.165) is 23.7 Å². The highest BCUT2D eigenvalue weighted by molar-refractivity contribution is 7.81. The Morgan fingerprint density at radius 2 is 1.38 bits per heavy atom. The predicted molar refractivity (Wildman–Crippen MR) is 148 cm³/mol. The summed E-state index contributed by atoms with van der Waals surface area (Å²) in [6.07, 6.45) is 1.40. The van der Waals surface area contributed by atoms with Crippen LogP contribution >= 0.6 is 35.4 Å². The van der Waals surface area contributed by atoms with E-state index in [1.807, 2.05) is 12.1 Å². The number of rotatable bonds is 4. The van der Waals surface area contributed by atoms with Gasteiger partial charge >= 0.3 is 0 Å². The minimum Gasteiger partial charge on any atom is -0.378 e. The van der Waals surface area contributed by atoms with Crippen molar-refractivity contribution in [1.29, 1.82) is 0 Å². The number of hydrogen-bond acceptors (Lipinski definition) is 5. The van der Waals surface area contributed by atoms with Crippen molar-refractivity contribution < 1.29 is 18.7 Å². The second kappa shape index (κ2) is 10.6. The van der Waals surface area contributed by atoms with Gasteiger partial charge in [0.25, 0.3) is 11.8 Å². The van der Waals surface area contributed by atoms with Gasteiger partial charge in [-0.2, -0.15) is 0 Å². The molecule has 2 amide bonds. The maximum Gasteiger partial charge on any atom is 0.270 e. The summed E-state index contributed by atoms with van der Waals surface area (Å²) >= 11 is 18.5. The number of para-hydroxylation sites is 1. The quantitative estimate of drug-likeness (QED) is 0.234. The molecule has 2 saturated heterocycles. The average molecular weight is 556 g/mol. The van der Waals surface area contributed by atoms with E-state index in [-0.39, 0.29) is 26.4 Å². The van der Waals surface area contributed by atoms with E-state index in [0.29, 0.717) is 24.5 Å². The van der Waals surface area contributed by atoms with Crippen LogP contribution in [0.1, 0.15) is 5.56 Å². The molecule has 0 aromatic heterocycles. The largest absolute Gasteiger partial charge is 0.378 e. The van der Waals surface area contributed by atoms with E-state index in [9.17, 15) is 14.0 Å². The Hall–Kier alpha value is -3.30. The zero-order valence-corrected chi connectivity index (χ0v) is 21.7. The minimum absolute atomic E-state index is 0.0830. The van der Waals surface area contributed by atoms with Crippen molar-refractivity contribution in [2.75, 3.05) is 41.0 Å². The molecule has 2 aliphatic heterocycles. The van der Waals surface area contributed by atoms with Crippen molar-refractivity contribution in [3.63, 3.8) is 0 Å².